The molecule has 100 valence electrons. The Morgan fingerprint density at radius 1 is 0.737 bits per heavy atom. The first-order chi connectivity index (χ1) is 8.84. The Hall–Kier alpha value is -1.60. The van der Waals surface area contributed by atoms with Crippen molar-refractivity contribution < 1.29 is 5.11 Å². The number of aliphatic hydroxyl groups is 1. The van der Waals surface area contributed by atoms with E-state index >= 15 is 0 Å². The first kappa shape index (κ1) is 13.8. The van der Waals surface area contributed by atoms with Crippen molar-refractivity contribution in [3.05, 3.63) is 60.2 Å². The van der Waals surface area contributed by atoms with Gasteiger partial charge in [0.15, 0.2) is 0 Å². The molecule has 0 radical (unpaired) electrons. The molecular weight excluding hydrogens is 232 g/mol. The largest absolute Gasteiger partial charge is 0.390 e. The zero-order chi connectivity index (χ0) is 14.1. The second kappa shape index (κ2) is 4.82. The van der Waals surface area contributed by atoms with Crippen molar-refractivity contribution in [1.29, 1.82) is 0 Å². The summed E-state index contributed by atoms with van der Waals surface area (Å²) in [6, 6.07) is 18.7. The number of hydrogen-bond acceptors (Lipinski definition) is 1. The molecule has 1 N–H and O–H groups in total. The Kier molecular flexibility index (Phi) is 3.51. The molecular formula is C18H22O. The van der Waals surface area contributed by atoms with Gasteiger partial charge in [0.05, 0.1) is 5.60 Å². The van der Waals surface area contributed by atoms with Gasteiger partial charge in [-0.05, 0) is 30.5 Å². The molecule has 0 aromatic heterocycles. The maximum atomic E-state index is 10.5. The zero-order valence-corrected chi connectivity index (χ0v) is 12.1. The lowest BCUT2D eigenvalue weighted by atomic mass is 9.70. The van der Waals surface area contributed by atoms with Crippen LogP contribution >= 0.6 is 0 Å². The van der Waals surface area contributed by atoms with E-state index in [0.717, 1.165) is 0 Å². The molecule has 0 saturated heterocycles. The Labute approximate surface area is 115 Å². The molecule has 0 saturated carbocycles. The monoisotopic (exact) mass is 254 g/mol. The summed E-state index contributed by atoms with van der Waals surface area (Å²) in [5.74, 6) is 0. The van der Waals surface area contributed by atoms with Crippen LogP contribution in [0, 0.1) is 0 Å². The molecule has 1 heteroatoms. The van der Waals surface area contributed by atoms with E-state index in [1.165, 1.54) is 16.7 Å². The van der Waals surface area contributed by atoms with Gasteiger partial charge in [0.2, 0.25) is 0 Å². The number of rotatable bonds is 3. The highest BCUT2D eigenvalue weighted by atomic mass is 16.3. The summed E-state index contributed by atoms with van der Waals surface area (Å²) in [7, 11) is 0. The minimum Gasteiger partial charge on any atom is -0.390 e. The van der Waals surface area contributed by atoms with E-state index in [0.29, 0.717) is 0 Å². The predicted molar refractivity (Wildman–Crippen MR) is 81.2 cm³/mol. The summed E-state index contributed by atoms with van der Waals surface area (Å²) in [6.07, 6.45) is 0. The van der Waals surface area contributed by atoms with Crippen molar-refractivity contribution >= 4 is 0 Å². The van der Waals surface area contributed by atoms with Gasteiger partial charge >= 0.3 is 0 Å². The normalized spacial score (nSPS) is 12.5. The summed E-state index contributed by atoms with van der Waals surface area (Å²) < 4.78 is 0. The van der Waals surface area contributed by atoms with Crippen molar-refractivity contribution in [2.24, 2.45) is 0 Å². The van der Waals surface area contributed by atoms with Gasteiger partial charge in [-0.25, -0.2) is 0 Å². The average Bonchev–Trinajstić information content (AvgIpc) is 2.38. The van der Waals surface area contributed by atoms with E-state index in [-0.39, 0.29) is 5.41 Å². The summed E-state index contributed by atoms with van der Waals surface area (Å²) >= 11 is 0. The summed E-state index contributed by atoms with van der Waals surface area (Å²) in [5, 5.41) is 10.5. The Balaban J connectivity index is 2.61. The third-order valence-corrected chi connectivity index (χ3v) is 4.21. The topological polar surface area (TPSA) is 20.2 Å². The Bertz CT molecular complexity index is 547. The van der Waals surface area contributed by atoms with E-state index in [4.69, 9.17) is 0 Å². The van der Waals surface area contributed by atoms with Gasteiger partial charge in [-0.2, -0.15) is 0 Å². The standard InChI is InChI=1S/C18H22O/c1-17(2,18(3,4)19)16-13-9-8-12-15(16)14-10-6-5-7-11-14/h5-13,19H,1-4H3. The van der Waals surface area contributed by atoms with Crippen LogP contribution < -0.4 is 0 Å². The van der Waals surface area contributed by atoms with Gasteiger partial charge in [-0.3, -0.25) is 0 Å². The fraction of sp³-hybridized carbons (Fsp3) is 0.333. The second-order valence-electron chi connectivity index (χ2n) is 6.10. The maximum Gasteiger partial charge on any atom is 0.0682 e. The highest BCUT2D eigenvalue weighted by molar-refractivity contribution is 5.69. The molecule has 0 unspecified atom stereocenters. The minimum atomic E-state index is -0.780. The van der Waals surface area contributed by atoms with Crippen molar-refractivity contribution in [3.63, 3.8) is 0 Å². The molecule has 0 amide bonds. The first-order valence-corrected chi connectivity index (χ1v) is 6.71. The quantitative estimate of drug-likeness (QED) is 0.860. The lowest BCUT2D eigenvalue weighted by Crippen LogP contribution is -2.42. The molecule has 19 heavy (non-hydrogen) atoms. The van der Waals surface area contributed by atoms with Gasteiger partial charge < -0.3 is 5.11 Å². The molecule has 0 spiro atoms. The van der Waals surface area contributed by atoms with Crippen LogP contribution in [0.15, 0.2) is 54.6 Å². The van der Waals surface area contributed by atoms with E-state index in [1.807, 2.05) is 44.2 Å². The van der Waals surface area contributed by atoms with Crippen LogP contribution in [-0.2, 0) is 5.41 Å². The third-order valence-electron chi connectivity index (χ3n) is 4.21. The Morgan fingerprint density at radius 3 is 1.84 bits per heavy atom. The van der Waals surface area contributed by atoms with Crippen LogP contribution in [0.3, 0.4) is 0 Å². The van der Waals surface area contributed by atoms with Crippen LogP contribution in [0.4, 0.5) is 0 Å². The van der Waals surface area contributed by atoms with Gasteiger partial charge in [0, 0.05) is 5.41 Å². The van der Waals surface area contributed by atoms with Gasteiger partial charge in [-0.15, -0.1) is 0 Å². The lowest BCUT2D eigenvalue weighted by molar-refractivity contribution is 0.00987. The highest BCUT2D eigenvalue weighted by Crippen LogP contribution is 2.39. The highest BCUT2D eigenvalue weighted by Gasteiger charge is 2.37. The lowest BCUT2D eigenvalue weighted by Gasteiger charge is -2.39. The Morgan fingerprint density at radius 2 is 1.26 bits per heavy atom. The van der Waals surface area contributed by atoms with E-state index in [9.17, 15) is 5.11 Å². The molecule has 2 rings (SSSR count). The smallest absolute Gasteiger partial charge is 0.0682 e. The minimum absolute atomic E-state index is 0.320. The van der Waals surface area contributed by atoms with Crippen molar-refractivity contribution in [2.45, 2.75) is 38.7 Å². The molecule has 0 aliphatic rings. The maximum absolute atomic E-state index is 10.5. The van der Waals surface area contributed by atoms with E-state index < -0.39 is 5.60 Å². The molecule has 0 fully saturated rings. The van der Waals surface area contributed by atoms with Crippen LogP contribution in [0.2, 0.25) is 0 Å². The van der Waals surface area contributed by atoms with Gasteiger partial charge in [-0.1, -0.05) is 68.4 Å². The van der Waals surface area contributed by atoms with E-state index in [1.54, 1.807) is 0 Å². The summed E-state index contributed by atoms with van der Waals surface area (Å²) in [4.78, 5) is 0. The molecule has 2 aromatic rings. The fourth-order valence-electron chi connectivity index (χ4n) is 2.23. The predicted octanol–water partition coefficient (Wildman–Crippen LogP) is 4.40. The van der Waals surface area contributed by atoms with Crippen LogP contribution in [0.25, 0.3) is 11.1 Å². The van der Waals surface area contributed by atoms with Crippen LogP contribution in [-0.4, -0.2) is 10.7 Å². The zero-order valence-electron chi connectivity index (χ0n) is 12.1. The molecule has 0 aliphatic heterocycles. The van der Waals surface area contributed by atoms with Crippen LogP contribution in [0.5, 0.6) is 0 Å². The van der Waals surface area contributed by atoms with Gasteiger partial charge in [0.25, 0.3) is 0 Å². The molecule has 0 heterocycles. The molecule has 2 aromatic carbocycles. The first-order valence-electron chi connectivity index (χ1n) is 6.71. The van der Waals surface area contributed by atoms with E-state index in [2.05, 4.69) is 38.1 Å². The molecule has 0 atom stereocenters. The van der Waals surface area contributed by atoms with Crippen LogP contribution in [0.1, 0.15) is 33.3 Å². The average molecular weight is 254 g/mol. The number of benzene rings is 2. The summed E-state index contributed by atoms with van der Waals surface area (Å²) in [5.41, 5.74) is 2.46. The molecule has 0 aliphatic carbocycles. The fourth-order valence-corrected chi connectivity index (χ4v) is 2.23. The van der Waals surface area contributed by atoms with Gasteiger partial charge in [0.1, 0.15) is 0 Å². The SMILES string of the molecule is CC(C)(O)C(C)(C)c1ccccc1-c1ccccc1. The summed E-state index contributed by atoms with van der Waals surface area (Å²) in [6.45, 7) is 7.92. The van der Waals surface area contributed by atoms with Crippen molar-refractivity contribution in [1.82, 2.24) is 0 Å². The second-order valence-corrected chi connectivity index (χ2v) is 6.10. The third kappa shape index (κ3) is 2.57. The number of hydrogen-bond donors (Lipinski definition) is 1. The molecule has 0 bridgehead atoms. The van der Waals surface area contributed by atoms with Crippen molar-refractivity contribution in [3.8, 4) is 11.1 Å². The van der Waals surface area contributed by atoms with Crippen molar-refractivity contribution in [2.75, 3.05) is 0 Å². The molecule has 1 nitrogen and oxygen atoms in total.